The van der Waals surface area contributed by atoms with E-state index in [0.717, 1.165) is 17.2 Å². The van der Waals surface area contributed by atoms with Crippen molar-refractivity contribution in [1.82, 2.24) is 4.98 Å². The first kappa shape index (κ1) is 16.6. The SMILES string of the molecule is CCOC(=O)c1cc2c(cn1)CN(c1cc(F)c(F)c(Cl)c1)CC2. The highest BCUT2D eigenvalue weighted by atomic mass is 35.5. The highest BCUT2D eigenvalue weighted by Gasteiger charge is 2.21. The van der Waals surface area contributed by atoms with Crippen LogP contribution in [0.4, 0.5) is 14.5 Å². The first-order chi connectivity index (χ1) is 11.5. The molecule has 0 saturated carbocycles. The van der Waals surface area contributed by atoms with E-state index in [9.17, 15) is 13.6 Å². The number of nitrogens with zero attached hydrogens (tertiary/aromatic N) is 2. The van der Waals surface area contributed by atoms with Crippen molar-refractivity contribution in [3.05, 3.63) is 57.9 Å². The Morgan fingerprint density at radius 2 is 2.12 bits per heavy atom. The fourth-order valence-electron chi connectivity index (χ4n) is 2.70. The topological polar surface area (TPSA) is 42.4 Å². The quantitative estimate of drug-likeness (QED) is 0.623. The van der Waals surface area contributed by atoms with Crippen molar-refractivity contribution in [3.63, 3.8) is 0 Å². The van der Waals surface area contributed by atoms with Gasteiger partial charge in [0.15, 0.2) is 11.6 Å². The van der Waals surface area contributed by atoms with Crippen molar-refractivity contribution in [2.75, 3.05) is 18.1 Å². The summed E-state index contributed by atoms with van der Waals surface area (Å²) in [6.07, 6.45) is 2.27. The normalized spacial score (nSPS) is 13.6. The summed E-state index contributed by atoms with van der Waals surface area (Å²) in [6, 6.07) is 4.26. The maximum Gasteiger partial charge on any atom is 0.356 e. The van der Waals surface area contributed by atoms with E-state index in [1.165, 1.54) is 6.07 Å². The van der Waals surface area contributed by atoms with Crippen LogP contribution in [0.2, 0.25) is 5.02 Å². The van der Waals surface area contributed by atoms with Crippen LogP contribution in [0.25, 0.3) is 0 Å². The Kier molecular flexibility index (Phi) is 4.66. The van der Waals surface area contributed by atoms with Gasteiger partial charge in [0, 0.05) is 31.0 Å². The first-order valence-corrected chi connectivity index (χ1v) is 7.91. The molecule has 1 aliphatic heterocycles. The molecule has 2 heterocycles. The average Bonchev–Trinajstić information content (AvgIpc) is 2.58. The number of esters is 1. The molecule has 0 radical (unpaired) electrons. The van der Waals surface area contributed by atoms with Crippen molar-refractivity contribution in [1.29, 1.82) is 0 Å². The summed E-state index contributed by atoms with van der Waals surface area (Å²) in [4.78, 5) is 17.8. The zero-order valence-corrected chi connectivity index (χ0v) is 13.7. The maximum atomic E-state index is 13.6. The lowest BCUT2D eigenvalue weighted by Gasteiger charge is -2.30. The lowest BCUT2D eigenvalue weighted by molar-refractivity contribution is 0.0519. The van der Waals surface area contributed by atoms with Crippen molar-refractivity contribution >= 4 is 23.3 Å². The van der Waals surface area contributed by atoms with E-state index in [1.54, 1.807) is 19.2 Å². The monoisotopic (exact) mass is 352 g/mol. The Bertz CT molecular complexity index is 775. The maximum absolute atomic E-state index is 13.6. The summed E-state index contributed by atoms with van der Waals surface area (Å²) in [5, 5.41) is -0.244. The molecule has 0 atom stereocenters. The lowest BCUT2D eigenvalue weighted by Crippen LogP contribution is -2.31. The highest BCUT2D eigenvalue weighted by molar-refractivity contribution is 6.31. The summed E-state index contributed by atoms with van der Waals surface area (Å²) in [6.45, 7) is 3.11. The Labute approximate surface area is 143 Å². The molecule has 3 rings (SSSR count). The van der Waals surface area contributed by atoms with Crippen LogP contribution >= 0.6 is 11.6 Å². The van der Waals surface area contributed by atoms with Crippen molar-refractivity contribution in [2.24, 2.45) is 0 Å². The number of anilines is 1. The third-order valence-electron chi connectivity index (χ3n) is 3.91. The van der Waals surface area contributed by atoms with Crippen LogP contribution in [0, 0.1) is 11.6 Å². The number of halogens is 3. The van der Waals surface area contributed by atoms with E-state index >= 15 is 0 Å². The molecule has 0 saturated heterocycles. The smallest absolute Gasteiger partial charge is 0.356 e. The number of fused-ring (bicyclic) bond motifs is 1. The predicted octanol–water partition coefficient (Wildman–Crippen LogP) is 3.75. The van der Waals surface area contributed by atoms with Crippen LogP contribution in [-0.4, -0.2) is 24.1 Å². The van der Waals surface area contributed by atoms with E-state index in [0.29, 0.717) is 31.8 Å². The van der Waals surface area contributed by atoms with Crippen molar-refractivity contribution in [3.8, 4) is 0 Å². The van der Waals surface area contributed by atoms with Gasteiger partial charge in [0.2, 0.25) is 0 Å². The number of carbonyl (C=O) groups is 1. The molecule has 0 amide bonds. The molecular weight excluding hydrogens is 338 g/mol. The number of ether oxygens (including phenoxy) is 1. The van der Waals surface area contributed by atoms with Gasteiger partial charge in [0.05, 0.1) is 11.6 Å². The Morgan fingerprint density at radius 1 is 1.33 bits per heavy atom. The third-order valence-corrected chi connectivity index (χ3v) is 4.19. The van der Waals surface area contributed by atoms with Crippen LogP contribution in [0.3, 0.4) is 0 Å². The van der Waals surface area contributed by atoms with Gasteiger partial charge in [-0.05, 0) is 36.6 Å². The number of hydrogen-bond acceptors (Lipinski definition) is 4. The van der Waals surface area contributed by atoms with Gasteiger partial charge in [-0.2, -0.15) is 0 Å². The second-order valence-electron chi connectivity index (χ2n) is 5.45. The van der Waals surface area contributed by atoms with Gasteiger partial charge in [-0.3, -0.25) is 0 Å². The third kappa shape index (κ3) is 3.19. The molecule has 1 aromatic heterocycles. The second-order valence-corrected chi connectivity index (χ2v) is 5.86. The number of rotatable bonds is 3. The standard InChI is InChI=1S/C17H15ClF2N2O2/c1-2-24-17(23)15-5-10-3-4-22(9-11(10)8-21-15)12-6-13(18)16(20)14(19)7-12/h5-8H,2-4,9H2,1H3. The van der Waals surface area contributed by atoms with Crippen LogP contribution in [0.5, 0.6) is 0 Å². The van der Waals surface area contributed by atoms with E-state index in [1.807, 2.05) is 4.90 Å². The van der Waals surface area contributed by atoms with Gasteiger partial charge in [-0.15, -0.1) is 0 Å². The van der Waals surface area contributed by atoms with Gasteiger partial charge < -0.3 is 9.64 Å². The highest BCUT2D eigenvalue weighted by Crippen LogP contribution is 2.29. The molecule has 1 aromatic carbocycles. The molecule has 0 spiro atoms. The number of carbonyl (C=O) groups excluding carboxylic acids is 1. The molecule has 0 aliphatic carbocycles. The molecular formula is C17H15ClF2N2O2. The molecule has 0 unspecified atom stereocenters. The Morgan fingerprint density at radius 3 is 2.83 bits per heavy atom. The molecule has 0 bridgehead atoms. The molecule has 0 fully saturated rings. The largest absolute Gasteiger partial charge is 0.461 e. The average molecular weight is 353 g/mol. The lowest BCUT2D eigenvalue weighted by atomic mass is 10.0. The molecule has 4 nitrogen and oxygen atoms in total. The van der Waals surface area contributed by atoms with E-state index in [4.69, 9.17) is 16.3 Å². The molecule has 1 aliphatic rings. The van der Waals surface area contributed by atoms with Gasteiger partial charge in [-0.25, -0.2) is 18.6 Å². The summed E-state index contributed by atoms with van der Waals surface area (Å²) >= 11 is 5.72. The minimum Gasteiger partial charge on any atom is -0.461 e. The first-order valence-electron chi connectivity index (χ1n) is 7.54. The van der Waals surface area contributed by atoms with Crippen molar-refractivity contribution in [2.45, 2.75) is 19.9 Å². The van der Waals surface area contributed by atoms with Crippen LogP contribution in [-0.2, 0) is 17.7 Å². The van der Waals surface area contributed by atoms with Gasteiger partial charge in [0.1, 0.15) is 5.69 Å². The Hall–Kier alpha value is -2.21. The second kappa shape index (κ2) is 6.73. The summed E-state index contributed by atoms with van der Waals surface area (Å²) in [5.74, 6) is -2.47. The predicted molar refractivity (Wildman–Crippen MR) is 86.3 cm³/mol. The molecule has 126 valence electrons. The van der Waals surface area contributed by atoms with E-state index < -0.39 is 17.6 Å². The van der Waals surface area contributed by atoms with Crippen molar-refractivity contribution < 1.29 is 18.3 Å². The molecule has 7 heteroatoms. The molecule has 2 aromatic rings. The van der Waals surface area contributed by atoms with E-state index in [2.05, 4.69) is 4.98 Å². The number of benzene rings is 1. The minimum absolute atomic E-state index is 0.244. The zero-order valence-electron chi connectivity index (χ0n) is 13.0. The summed E-state index contributed by atoms with van der Waals surface area (Å²) < 4.78 is 31.8. The molecule has 0 N–H and O–H groups in total. The van der Waals surface area contributed by atoms with Gasteiger partial charge >= 0.3 is 5.97 Å². The Balaban J connectivity index is 1.84. The van der Waals surface area contributed by atoms with Crippen LogP contribution in [0.1, 0.15) is 28.5 Å². The fourth-order valence-corrected chi connectivity index (χ4v) is 2.90. The summed E-state index contributed by atoms with van der Waals surface area (Å²) in [5.41, 5.74) is 2.71. The number of pyridine rings is 1. The zero-order chi connectivity index (χ0) is 17.3. The fraction of sp³-hybridized carbons (Fsp3) is 0.294. The van der Waals surface area contributed by atoms with Crippen LogP contribution in [0.15, 0.2) is 24.4 Å². The number of aromatic nitrogens is 1. The molecule has 24 heavy (non-hydrogen) atoms. The minimum atomic E-state index is -1.04. The number of hydrogen-bond donors (Lipinski definition) is 0. The van der Waals surface area contributed by atoms with Gasteiger partial charge in [0.25, 0.3) is 0 Å². The summed E-state index contributed by atoms with van der Waals surface area (Å²) in [7, 11) is 0. The van der Waals surface area contributed by atoms with E-state index in [-0.39, 0.29) is 10.7 Å². The van der Waals surface area contributed by atoms with Gasteiger partial charge in [-0.1, -0.05) is 11.6 Å². The van der Waals surface area contributed by atoms with Crippen LogP contribution < -0.4 is 4.90 Å².